The molecule has 4 nitrogen and oxygen atoms in total. The third-order valence-corrected chi connectivity index (χ3v) is 3.94. The van der Waals surface area contributed by atoms with Crippen LogP contribution < -0.4 is 10.2 Å². The number of hydrogen-bond acceptors (Lipinski definition) is 3. The Labute approximate surface area is 126 Å². The Balaban J connectivity index is 1.91. The highest BCUT2D eigenvalue weighted by Gasteiger charge is 2.21. The minimum absolute atomic E-state index is 0.0965. The standard InChI is InChI=1S/C17H23N3O/c1-17(2,10-4-11-18)13-19-14-6-8-15(9-7-14)20-12-3-5-16(20)21/h6-9,19H,3-5,10,12-13H2,1-2H3. The highest BCUT2D eigenvalue weighted by Crippen LogP contribution is 2.25. The molecule has 2 rings (SSSR count). The molecule has 4 heteroatoms. The van der Waals surface area contributed by atoms with E-state index in [9.17, 15) is 4.79 Å². The summed E-state index contributed by atoms with van der Waals surface area (Å²) < 4.78 is 0. The largest absolute Gasteiger partial charge is 0.385 e. The first-order valence-corrected chi connectivity index (χ1v) is 7.53. The molecule has 1 fully saturated rings. The van der Waals surface area contributed by atoms with Crippen LogP contribution in [0.4, 0.5) is 11.4 Å². The van der Waals surface area contributed by atoms with Crippen molar-refractivity contribution in [1.82, 2.24) is 0 Å². The molecule has 112 valence electrons. The third kappa shape index (κ3) is 4.22. The van der Waals surface area contributed by atoms with Crippen LogP contribution in [0.2, 0.25) is 0 Å². The topological polar surface area (TPSA) is 56.1 Å². The van der Waals surface area contributed by atoms with Crippen LogP contribution >= 0.6 is 0 Å². The van der Waals surface area contributed by atoms with Gasteiger partial charge in [0.05, 0.1) is 6.07 Å². The van der Waals surface area contributed by atoms with Gasteiger partial charge in [-0.3, -0.25) is 4.79 Å². The lowest BCUT2D eigenvalue weighted by Crippen LogP contribution is -2.24. The number of rotatable bonds is 6. The van der Waals surface area contributed by atoms with E-state index in [0.717, 1.165) is 37.3 Å². The number of carbonyl (C=O) groups excluding carboxylic acids is 1. The Morgan fingerprint density at radius 1 is 1.33 bits per heavy atom. The summed E-state index contributed by atoms with van der Waals surface area (Å²) in [5.41, 5.74) is 2.13. The van der Waals surface area contributed by atoms with Gasteiger partial charge in [0, 0.05) is 37.3 Å². The Bertz CT molecular complexity index is 528. The highest BCUT2D eigenvalue weighted by atomic mass is 16.2. The number of anilines is 2. The lowest BCUT2D eigenvalue weighted by molar-refractivity contribution is -0.117. The van der Waals surface area contributed by atoms with Gasteiger partial charge in [0.15, 0.2) is 0 Å². The fourth-order valence-corrected chi connectivity index (χ4v) is 2.50. The smallest absolute Gasteiger partial charge is 0.227 e. The summed E-state index contributed by atoms with van der Waals surface area (Å²) in [6, 6.07) is 10.2. The van der Waals surface area contributed by atoms with Crippen molar-refractivity contribution in [2.75, 3.05) is 23.3 Å². The van der Waals surface area contributed by atoms with Gasteiger partial charge in [-0.15, -0.1) is 0 Å². The molecule has 1 aromatic rings. The van der Waals surface area contributed by atoms with Crippen molar-refractivity contribution >= 4 is 17.3 Å². The Morgan fingerprint density at radius 3 is 2.62 bits per heavy atom. The molecule has 1 aromatic carbocycles. The van der Waals surface area contributed by atoms with Crippen LogP contribution in [-0.2, 0) is 4.79 Å². The van der Waals surface area contributed by atoms with Gasteiger partial charge in [-0.1, -0.05) is 13.8 Å². The summed E-state index contributed by atoms with van der Waals surface area (Å²) in [6.07, 6.45) is 3.08. The van der Waals surface area contributed by atoms with Crippen molar-refractivity contribution in [2.24, 2.45) is 5.41 Å². The van der Waals surface area contributed by atoms with Crippen LogP contribution in [0.15, 0.2) is 24.3 Å². The summed E-state index contributed by atoms with van der Waals surface area (Å²) in [5.74, 6) is 0.216. The molecule has 1 heterocycles. The molecule has 1 aliphatic rings. The molecule has 0 bridgehead atoms. The average Bonchev–Trinajstić information content (AvgIpc) is 2.90. The molecular formula is C17H23N3O. The molecule has 0 atom stereocenters. The van der Waals surface area contributed by atoms with Gasteiger partial charge >= 0.3 is 0 Å². The molecule has 1 saturated heterocycles. The normalized spacial score (nSPS) is 15.1. The van der Waals surface area contributed by atoms with E-state index in [-0.39, 0.29) is 11.3 Å². The van der Waals surface area contributed by atoms with E-state index in [0.29, 0.717) is 12.8 Å². The second-order valence-electron chi connectivity index (χ2n) is 6.37. The average molecular weight is 285 g/mol. The van der Waals surface area contributed by atoms with E-state index in [2.05, 4.69) is 25.2 Å². The molecule has 21 heavy (non-hydrogen) atoms. The first-order valence-electron chi connectivity index (χ1n) is 7.53. The molecule has 0 aliphatic carbocycles. The van der Waals surface area contributed by atoms with Gasteiger partial charge < -0.3 is 10.2 Å². The van der Waals surface area contributed by atoms with Gasteiger partial charge in [-0.2, -0.15) is 5.26 Å². The quantitative estimate of drug-likeness (QED) is 0.869. The monoisotopic (exact) mass is 285 g/mol. The highest BCUT2D eigenvalue weighted by molar-refractivity contribution is 5.95. The second kappa shape index (κ2) is 6.62. The molecule has 0 aromatic heterocycles. The van der Waals surface area contributed by atoms with Gasteiger partial charge in [0.1, 0.15) is 0 Å². The number of nitrogens with one attached hydrogen (secondary N) is 1. The van der Waals surface area contributed by atoms with E-state index >= 15 is 0 Å². The molecule has 0 radical (unpaired) electrons. The number of amides is 1. The molecule has 0 saturated carbocycles. The minimum atomic E-state index is 0.0965. The van der Waals surface area contributed by atoms with Gasteiger partial charge in [0.2, 0.25) is 5.91 Å². The fourth-order valence-electron chi connectivity index (χ4n) is 2.50. The van der Waals surface area contributed by atoms with Crippen molar-refractivity contribution in [2.45, 2.75) is 39.5 Å². The fraction of sp³-hybridized carbons (Fsp3) is 0.529. The predicted molar refractivity (Wildman–Crippen MR) is 85.1 cm³/mol. The van der Waals surface area contributed by atoms with Crippen molar-refractivity contribution in [3.8, 4) is 6.07 Å². The summed E-state index contributed by atoms with van der Waals surface area (Å²) in [6.45, 7) is 5.98. The van der Waals surface area contributed by atoms with Crippen LogP contribution in [0.5, 0.6) is 0 Å². The zero-order valence-corrected chi connectivity index (χ0v) is 12.9. The van der Waals surface area contributed by atoms with Crippen LogP contribution in [-0.4, -0.2) is 19.0 Å². The van der Waals surface area contributed by atoms with Gasteiger partial charge in [-0.25, -0.2) is 0 Å². The van der Waals surface area contributed by atoms with Crippen LogP contribution in [0.3, 0.4) is 0 Å². The van der Waals surface area contributed by atoms with Crippen LogP contribution in [0, 0.1) is 16.7 Å². The minimum Gasteiger partial charge on any atom is -0.385 e. The zero-order chi connectivity index (χ0) is 15.3. The third-order valence-electron chi connectivity index (χ3n) is 3.94. The SMILES string of the molecule is CC(C)(CCC#N)CNc1ccc(N2CCCC2=O)cc1. The van der Waals surface area contributed by atoms with E-state index in [1.807, 2.05) is 29.2 Å². The maximum absolute atomic E-state index is 11.7. The number of benzene rings is 1. The van der Waals surface area contributed by atoms with Crippen molar-refractivity contribution in [3.63, 3.8) is 0 Å². The van der Waals surface area contributed by atoms with Crippen LogP contribution in [0.25, 0.3) is 0 Å². The first kappa shape index (κ1) is 15.4. The molecule has 1 aliphatic heterocycles. The Morgan fingerprint density at radius 2 is 2.05 bits per heavy atom. The van der Waals surface area contributed by atoms with Crippen molar-refractivity contribution < 1.29 is 4.79 Å². The first-order chi connectivity index (χ1) is 10.0. The summed E-state index contributed by atoms with van der Waals surface area (Å²) in [7, 11) is 0. The van der Waals surface area contributed by atoms with Gasteiger partial charge in [-0.05, 0) is 42.5 Å². The lowest BCUT2D eigenvalue weighted by atomic mass is 9.88. The second-order valence-corrected chi connectivity index (χ2v) is 6.37. The maximum Gasteiger partial charge on any atom is 0.227 e. The summed E-state index contributed by atoms with van der Waals surface area (Å²) in [4.78, 5) is 13.5. The molecule has 0 spiro atoms. The number of nitrogens with zero attached hydrogens (tertiary/aromatic N) is 2. The lowest BCUT2D eigenvalue weighted by Gasteiger charge is -2.24. The van der Waals surface area contributed by atoms with E-state index in [4.69, 9.17) is 5.26 Å². The van der Waals surface area contributed by atoms with E-state index < -0.39 is 0 Å². The van der Waals surface area contributed by atoms with Crippen molar-refractivity contribution in [1.29, 1.82) is 5.26 Å². The predicted octanol–water partition coefficient (Wildman–Crippen LogP) is 3.56. The molecule has 1 amide bonds. The zero-order valence-electron chi connectivity index (χ0n) is 12.9. The maximum atomic E-state index is 11.7. The van der Waals surface area contributed by atoms with Gasteiger partial charge in [0.25, 0.3) is 0 Å². The van der Waals surface area contributed by atoms with E-state index in [1.54, 1.807) is 0 Å². The van der Waals surface area contributed by atoms with Crippen LogP contribution in [0.1, 0.15) is 39.5 Å². The Kier molecular flexibility index (Phi) is 4.85. The van der Waals surface area contributed by atoms with E-state index in [1.165, 1.54) is 0 Å². The summed E-state index contributed by atoms with van der Waals surface area (Å²) in [5, 5.41) is 12.1. The molecule has 0 unspecified atom stereocenters. The molecular weight excluding hydrogens is 262 g/mol. The number of carbonyl (C=O) groups is 1. The molecule has 1 N–H and O–H groups in total. The Hall–Kier alpha value is -2.02. The number of hydrogen-bond donors (Lipinski definition) is 1. The number of nitriles is 1. The summed E-state index contributed by atoms with van der Waals surface area (Å²) >= 11 is 0. The van der Waals surface area contributed by atoms with Crippen molar-refractivity contribution in [3.05, 3.63) is 24.3 Å².